The van der Waals surface area contributed by atoms with Gasteiger partial charge in [0.1, 0.15) is 18.2 Å². The molecule has 0 spiro atoms. The van der Waals surface area contributed by atoms with E-state index in [2.05, 4.69) is 29.4 Å². The Morgan fingerprint density at radius 1 is 1.25 bits per heavy atom. The van der Waals surface area contributed by atoms with Crippen molar-refractivity contribution in [1.29, 1.82) is 0 Å². The molecule has 1 heterocycles. The van der Waals surface area contributed by atoms with Crippen LogP contribution in [0.3, 0.4) is 0 Å². The molecule has 0 saturated carbocycles. The molecule has 0 saturated heterocycles. The minimum absolute atomic E-state index is 0. The first-order valence-electron chi connectivity index (χ1n) is 7.46. The number of nitrogens with one attached hydrogen (secondary N) is 1. The van der Waals surface area contributed by atoms with Crippen molar-refractivity contribution in [2.45, 2.75) is 39.3 Å². The molecule has 8 heteroatoms. The quantitative estimate of drug-likeness (QED) is 0.813. The summed E-state index contributed by atoms with van der Waals surface area (Å²) in [6.07, 6.45) is 1.68. The zero-order valence-electron chi connectivity index (χ0n) is 14.1. The van der Waals surface area contributed by atoms with Crippen LogP contribution in [-0.2, 0) is 11.3 Å². The second kappa shape index (κ2) is 10.3. The first-order valence-corrected chi connectivity index (χ1v) is 7.46. The van der Waals surface area contributed by atoms with Gasteiger partial charge in [0.15, 0.2) is 0 Å². The number of nitrogens with zero attached hydrogens (tertiary/aromatic N) is 3. The van der Waals surface area contributed by atoms with Crippen LogP contribution in [0.2, 0.25) is 0 Å². The third-order valence-corrected chi connectivity index (χ3v) is 3.53. The topological polar surface area (TPSA) is 85.8 Å². The van der Waals surface area contributed by atoms with E-state index >= 15 is 0 Å². The Hall–Kier alpha value is -1.63. The van der Waals surface area contributed by atoms with Gasteiger partial charge in [-0.2, -0.15) is 0 Å². The molecule has 1 aromatic carbocycles. The predicted octanol–water partition coefficient (Wildman–Crippen LogP) is 2.37. The fourth-order valence-electron chi connectivity index (χ4n) is 2.22. The largest absolute Gasteiger partial charge is 0.353 e. The van der Waals surface area contributed by atoms with Crippen molar-refractivity contribution in [2.24, 2.45) is 5.73 Å². The van der Waals surface area contributed by atoms with Crippen LogP contribution >= 0.6 is 24.8 Å². The summed E-state index contributed by atoms with van der Waals surface area (Å²) < 4.78 is 1.95. The molecule has 6 nitrogen and oxygen atoms in total. The molecule has 0 aliphatic rings. The number of carbonyl (C=O) groups excluding carboxylic acids is 1. The van der Waals surface area contributed by atoms with Gasteiger partial charge >= 0.3 is 0 Å². The Morgan fingerprint density at radius 2 is 1.88 bits per heavy atom. The van der Waals surface area contributed by atoms with E-state index in [1.165, 1.54) is 0 Å². The van der Waals surface area contributed by atoms with Gasteiger partial charge in [-0.1, -0.05) is 43.7 Å². The van der Waals surface area contributed by atoms with Gasteiger partial charge in [-0.15, -0.1) is 35.0 Å². The summed E-state index contributed by atoms with van der Waals surface area (Å²) in [5.74, 6) is 1.04. The Bertz CT molecular complexity index is 628. The van der Waals surface area contributed by atoms with Crippen LogP contribution in [0.25, 0.3) is 0 Å². The van der Waals surface area contributed by atoms with Gasteiger partial charge in [-0.25, -0.2) is 0 Å². The number of hydrogen-bond acceptors (Lipinski definition) is 4. The molecule has 24 heavy (non-hydrogen) atoms. The summed E-state index contributed by atoms with van der Waals surface area (Å²) in [5.41, 5.74) is 7.94. The Labute approximate surface area is 155 Å². The number of benzene rings is 1. The molecule has 0 aliphatic heterocycles. The number of nitrogens with two attached hydrogens (primary N) is 1. The molecule has 1 atom stereocenters. The lowest BCUT2D eigenvalue weighted by Gasteiger charge is -2.14. The van der Waals surface area contributed by atoms with Crippen molar-refractivity contribution in [3.63, 3.8) is 0 Å². The molecule has 2 rings (SSSR count). The fraction of sp³-hybridized carbons (Fsp3) is 0.438. The summed E-state index contributed by atoms with van der Waals surface area (Å²) in [6.45, 7) is 7.25. The van der Waals surface area contributed by atoms with E-state index < -0.39 is 6.04 Å². The lowest BCUT2D eigenvalue weighted by molar-refractivity contribution is -0.122. The standard InChI is InChI=1S/C16H23N5O.2ClH/c1-11(2)15-20-19-10-21(15)9-8-18-16(22)14(17)13-6-4-12(3)5-7-13;;/h4-7,10-11,14H,8-9,17H2,1-3H3,(H,18,22);2*1H. The van der Waals surface area contributed by atoms with Gasteiger partial charge in [-0.05, 0) is 12.5 Å². The first kappa shape index (κ1) is 22.4. The highest BCUT2D eigenvalue weighted by molar-refractivity contribution is 5.85. The second-order valence-electron chi connectivity index (χ2n) is 5.72. The molecule has 1 unspecified atom stereocenters. The molecule has 0 aliphatic carbocycles. The molecule has 1 amide bonds. The van der Waals surface area contributed by atoms with Gasteiger partial charge in [0, 0.05) is 19.0 Å². The van der Waals surface area contributed by atoms with E-state index in [1.54, 1.807) is 6.33 Å². The summed E-state index contributed by atoms with van der Waals surface area (Å²) >= 11 is 0. The summed E-state index contributed by atoms with van der Waals surface area (Å²) in [5, 5.41) is 10.8. The average Bonchev–Trinajstić information content (AvgIpc) is 2.96. The number of amides is 1. The van der Waals surface area contributed by atoms with E-state index in [0.717, 1.165) is 17.0 Å². The maximum atomic E-state index is 12.1. The van der Waals surface area contributed by atoms with Gasteiger partial charge in [0.25, 0.3) is 0 Å². The summed E-state index contributed by atoms with van der Waals surface area (Å²) in [6, 6.07) is 7.03. The summed E-state index contributed by atoms with van der Waals surface area (Å²) in [4.78, 5) is 12.1. The van der Waals surface area contributed by atoms with Crippen molar-refractivity contribution in [1.82, 2.24) is 20.1 Å². The molecule has 0 bridgehead atoms. The normalized spacial score (nSPS) is 11.4. The highest BCUT2D eigenvalue weighted by Gasteiger charge is 2.15. The molecule has 0 radical (unpaired) electrons. The number of carbonyl (C=O) groups is 1. The minimum atomic E-state index is -0.647. The van der Waals surface area contributed by atoms with Crippen LogP contribution in [0, 0.1) is 6.92 Å². The van der Waals surface area contributed by atoms with Crippen molar-refractivity contribution < 1.29 is 4.79 Å². The van der Waals surface area contributed by atoms with Crippen molar-refractivity contribution >= 4 is 30.7 Å². The smallest absolute Gasteiger partial charge is 0.241 e. The maximum Gasteiger partial charge on any atom is 0.241 e. The monoisotopic (exact) mass is 373 g/mol. The number of aryl methyl sites for hydroxylation is 1. The zero-order valence-corrected chi connectivity index (χ0v) is 15.7. The van der Waals surface area contributed by atoms with E-state index in [9.17, 15) is 4.79 Å². The first-order chi connectivity index (χ1) is 10.5. The van der Waals surface area contributed by atoms with Crippen LogP contribution in [-0.4, -0.2) is 27.2 Å². The van der Waals surface area contributed by atoms with Gasteiger partial charge < -0.3 is 15.6 Å². The number of rotatable bonds is 6. The Kier molecular flexibility index (Phi) is 9.58. The van der Waals surface area contributed by atoms with E-state index in [0.29, 0.717) is 19.0 Å². The highest BCUT2D eigenvalue weighted by Crippen LogP contribution is 2.12. The van der Waals surface area contributed by atoms with Crippen LogP contribution in [0.1, 0.15) is 42.8 Å². The molecule has 1 aromatic heterocycles. The molecular formula is C16H25Cl2N5O. The number of halogens is 2. The maximum absolute atomic E-state index is 12.1. The molecule has 2 aromatic rings. The highest BCUT2D eigenvalue weighted by atomic mass is 35.5. The molecule has 0 fully saturated rings. The fourth-order valence-corrected chi connectivity index (χ4v) is 2.22. The molecule has 3 N–H and O–H groups in total. The third kappa shape index (κ3) is 5.78. The van der Waals surface area contributed by atoms with E-state index in [1.807, 2.05) is 35.8 Å². The predicted molar refractivity (Wildman–Crippen MR) is 99.7 cm³/mol. The molecule has 134 valence electrons. The lowest BCUT2D eigenvalue weighted by Crippen LogP contribution is -2.36. The number of aromatic nitrogens is 3. The average molecular weight is 374 g/mol. The van der Waals surface area contributed by atoms with E-state index in [4.69, 9.17) is 5.73 Å². The van der Waals surface area contributed by atoms with E-state index in [-0.39, 0.29) is 30.7 Å². The van der Waals surface area contributed by atoms with Gasteiger partial charge in [0.05, 0.1) is 0 Å². The van der Waals surface area contributed by atoms with Crippen LogP contribution in [0.15, 0.2) is 30.6 Å². The lowest BCUT2D eigenvalue weighted by atomic mass is 10.1. The van der Waals surface area contributed by atoms with Crippen LogP contribution in [0.4, 0.5) is 0 Å². The third-order valence-electron chi connectivity index (χ3n) is 3.53. The van der Waals surface area contributed by atoms with Gasteiger partial charge in [-0.3, -0.25) is 4.79 Å². The van der Waals surface area contributed by atoms with Crippen molar-refractivity contribution in [2.75, 3.05) is 6.54 Å². The van der Waals surface area contributed by atoms with Crippen LogP contribution in [0.5, 0.6) is 0 Å². The zero-order chi connectivity index (χ0) is 16.1. The SMILES string of the molecule is Cc1ccc(C(N)C(=O)NCCn2cnnc2C(C)C)cc1.Cl.Cl. The Morgan fingerprint density at radius 3 is 2.46 bits per heavy atom. The van der Waals surface area contributed by atoms with Gasteiger partial charge in [0.2, 0.25) is 5.91 Å². The Balaban J connectivity index is 0.00000264. The van der Waals surface area contributed by atoms with Crippen molar-refractivity contribution in [3.05, 3.63) is 47.5 Å². The minimum Gasteiger partial charge on any atom is -0.353 e. The number of hydrogen-bond donors (Lipinski definition) is 2. The summed E-state index contributed by atoms with van der Waals surface area (Å²) in [7, 11) is 0. The molecular weight excluding hydrogens is 349 g/mol. The van der Waals surface area contributed by atoms with Crippen molar-refractivity contribution in [3.8, 4) is 0 Å². The van der Waals surface area contributed by atoms with Crippen LogP contribution < -0.4 is 11.1 Å². The second-order valence-corrected chi connectivity index (χ2v) is 5.72.